The predicted octanol–water partition coefficient (Wildman–Crippen LogP) is -3.72. The summed E-state index contributed by atoms with van der Waals surface area (Å²) < 4.78 is 54.6. The average Bonchev–Trinajstić information content (AvgIpc) is 3.77. The lowest BCUT2D eigenvalue weighted by Gasteiger charge is -2.24. The number of anilines is 2. The highest BCUT2D eigenvalue weighted by molar-refractivity contribution is 7.52. The van der Waals surface area contributed by atoms with E-state index in [4.69, 9.17) is 34.9 Å². The van der Waals surface area contributed by atoms with Crippen molar-refractivity contribution < 1.29 is 57.7 Å². The molecular formula is C22H30N10O14P2. The van der Waals surface area contributed by atoms with Crippen LogP contribution in [0.15, 0.2) is 22.2 Å². The number of aliphatic hydroxyl groups is 3. The molecule has 0 spiro atoms. The van der Waals surface area contributed by atoms with E-state index < -0.39 is 102 Å². The summed E-state index contributed by atoms with van der Waals surface area (Å²) in [4.78, 5) is 65.0. The van der Waals surface area contributed by atoms with E-state index in [9.17, 15) is 43.8 Å². The molecule has 2 fully saturated rings. The summed E-state index contributed by atoms with van der Waals surface area (Å²) in [5.41, 5.74) is 9.59. The minimum Gasteiger partial charge on any atom is -0.394 e. The van der Waals surface area contributed by atoms with Gasteiger partial charge in [-0.3, -0.25) is 37.8 Å². The molecule has 2 aliphatic heterocycles. The Morgan fingerprint density at radius 1 is 0.917 bits per heavy atom. The highest BCUT2D eigenvalue weighted by atomic mass is 31.2. The number of nitrogen functional groups attached to an aromatic ring is 2. The first-order chi connectivity index (χ1) is 22.8. The first-order valence-corrected chi connectivity index (χ1v) is 17.2. The third kappa shape index (κ3) is 6.53. The smallest absolute Gasteiger partial charge is 0.353 e. The highest BCUT2D eigenvalue weighted by Crippen LogP contribution is 2.45. The molecule has 11 N–H and O–H groups in total. The van der Waals surface area contributed by atoms with Gasteiger partial charge in [-0.15, -0.1) is 0 Å². The number of rotatable bonds is 12. The van der Waals surface area contributed by atoms with Crippen molar-refractivity contribution in [2.45, 2.75) is 49.1 Å². The summed E-state index contributed by atoms with van der Waals surface area (Å²) in [6, 6.07) is 0. The molecule has 24 nitrogen and oxygen atoms in total. The molecule has 0 aromatic carbocycles. The SMILES string of the molecule is Nc1nc2c(ncn2[C@@H]2O[C@H](CO)C(O)C2OCP(=O)(O)OC[C@H]2O[C@@H](n3cnc4c(=O)[nH]c(N)nc43)C(OC[PH](=O)O)C2O)c(=O)[nH]1. The Morgan fingerprint density at radius 2 is 1.42 bits per heavy atom. The molecule has 0 amide bonds. The van der Waals surface area contributed by atoms with Crippen LogP contribution < -0.4 is 22.6 Å². The zero-order valence-electron chi connectivity index (χ0n) is 24.3. The van der Waals surface area contributed by atoms with Gasteiger partial charge in [-0.1, -0.05) is 0 Å². The lowest BCUT2D eigenvalue weighted by Crippen LogP contribution is -2.36. The van der Waals surface area contributed by atoms with Crippen molar-refractivity contribution in [3.8, 4) is 0 Å². The minimum absolute atomic E-state index is 0.0533. The van der Waals surface area contributed by atoms with Crippen LogP contribution in [0.1, 0.15) is 12.5 Å². The molecule has 262 valence electrons. The predicted molar refractivity (Wildman–Crippen MR) is 159 cm³/mol. The summed E-state index contributed by atoms with van der Waals surface area (Å²) >= 11 is 0. The average molecular weight is 720 g/mol. The van der Waals surface area contributed by atoms with Crippen LogP contribution in [0.3, 0.4) is 0 Å². The number of imidazole rings is 2. The molecule has 4 aromatic heterocycles. The fourth-order valence-corrected chi connectivity index (χ4v) is 6.52. The lowest BCUT2D eigenvalue weighted by molar-refractivity contribution is -0.0675. The van der Waals surface area contributed by atoms with Gasteiger partial charge in [0.1, 0.15) is 49.3 Å². The number of H-pyrrole nitrogens is 2. The van der Waals surface area contributed by atoms with Crippen molar-refractivity contribution in [2.75, 3.05) is 37.4 Å². The van der Waals surface area contributed by atoms with E-state index in [1.807, 2.05) is 0 Å². The number of aliphatic hydroxyl groups excluding tert-OH is 3. The highest BCUT2D eigenvalue weighted by Gasteiger charge is 2.49. The Kier molecular flexibility index (Phi) is 9.52. The number of nitrogens with zero attached hydrogens (tertiary/aromatic N) is 6. The maximum atomic E-state index is 13.1. The van der Waals surface area contributed by atoms with Crippen molar-refractivity contribution >= 4 is 49.8 Å². The molecule has 2 saturated heterocycles. The van der Waals surface area contributed by atoms with Crippen molar-refractivity contribution in [1.82, 2.24) is 39.0 Å². The number of ether oxygens (including phenoxy) is 4. The Hall–Kier alpha value is -3.64. The van der Waals surface area contributed by atoms with Crippen molar-refractivity contribution in [3.63, 3.8) is 0 Å². The van der Waals surface area contributed by atoms with E-state index in [0.717, 1.165) is 12.7 Å². The van der Waals surface area contributed by atoms with Crippen LogP contribution >= 0.6 is 15.6 Å². The summed E-state index contributed by atoms with van der Waals surface area (Å²) in [6.07, 6.45) is -10.5. The third-order valence-corrected chi connectivity index (χ3v) is 8.97. The Morgan fingerprint density at radius 3 is 1.94 bits per heavy atom. The van der Waals surface area contributed by atoms with E-state index in [1.165, 1.54) is 9.13 Å². The quantitative estimate of drug-likeness (QED) is 0.0635. The molecule has 0 saturated carbocycles. The number of aromatic amines is 2. The molecule has 4 aromatic rings. The summed E-state index contributed by atoms with van der Waals surface area (Å²) in [7, 11) is -7.88. The second kappa shape index (κ2) is 13.3. The molecule has 2 aliphatic rings. The standard InChI is InChI=1S/C22H30N10O14P2/c23-21-27-15-9(17(36)29-21)25-3-31(15)19-13(42-5-47(38)39)12(35)8(46-19)2-44-48(40,41)6-43-14-11(34)7(1-33)45-20(14)32-4-26-10-16(32)28-22(24)30-18(10)37/h3-4,7-8,11-14,19-20,33-35,47H,1-2,5-6H2,(H,38,39)(H,40,41)(H3,23,27,29,36)(H3,24,28,30,37)/t7-,8-,11?,12?,13?,14?,19-,20-/m1/s1. The van der Waals surface area contributed by atoms with Gasteiger partial charge < -0.3 is 60.0 Å². The number of aromatic nitrogens is 8. The van der Waals surface area contributed by atoms with Gasteiger partial charge in [0.25, 0.3) is 11.1 Å². The molecule has 6 rings (SSSR count). The Bertz CT molecular complexity index is 2000. The van der Waals surface area contributed by atoms with Crippen LogP contribution in [-0.2, 0) is 32.6 Å². The number of hydrogen-bond donors (Lipinski definition) is 9. The first kappa shape index (κ1) is 34.2. The van der Waals surface area contributed by atoms with Gasteiger partial charge >= 0.3 is 7.60 Å². The first-order valence-electron chi connectivity index (χ1n) is 13.9. The second-order valence-electron chi connectivity index (χ2n) is 10.7. The van der Waals surface area contributed by atoms with Crippen LogP contribution in [0.2, 0.25) is 0 Å². The number of nitrogens with one attached hydrogen (secondary N) is 2. The van der Waals surface area contributed by atoms with Gasteiger partial charge in [0, 0.05) is 0 Å². The maximum Gasteiger partial charge on any atom is 0.353 e. The number of hydrogen-bond acceptors (Lipinski definition) is 18. The van der Waals surface area contributed by atoms with Crippen LogP contribution in [-0.4, -0.2) is 127 Å². The Labute approximate surface area is 266 Å². The van der Waals surface area contributed by atoms with Gasteiger partial charge in [-0.25, -0.2) is 9.97 Å². The fraction of sp³-hybridized carbons (Fsp3) is 0.545. The monoisotopic (exact) mass is 720 g/mol. The maximum absolute atomic E-state index is 13.1. The lowest BCUT2D eigenvalue weighted by atomic mass is 10.1. The van der Waals surface area contributed by atoms with E-state index >= 15 is 0 Å². The van der Waals surface area contributed by atoms with Gasteiger partial charge in [-0.05, 0) is 0 Å². The van der Waals surface area contributed by atoms with Gasteiger partial charge in [0.2, 0.25) is 19.9 Å². The van der Waals surface area contributed by atoms with Crippen LogP contribution in [0, 0.1) is 0 Å². The van der Waals surface area contributed by atoms with Crippen molar-refractivity contribution in [3.05, 3.63) is 33.4 Å². The van der Waals surface area contributed by atoms with Gasteiger partial charge in [-0.2, -0.15) is 9.97 Å². The third-order valence-electron chi connectivity index (χ3n) is 7.53. The van der Waals surface area contributed by atoms with E-state index in [0.29, 0.717) is 0 Å². The molecule has 48 heavy (non-hydrogen) atoms. The van der Waals surface area contributed by atoms with Crippen LogP contribution in [0.25, 0.3) is 22.3 Å². The van der Waals surface area contributed by atoms with Gasteiger partial charge in [0.05, 0.1) is 25.9 Å². The largest absolute Gasteiger partial charge is 0.394 e. The molecule has 6 heterocycles. The fourth-order valence-electron chi connectivity index (χ4n) is 5.37. The van der Waals surface area contributed by atoms with Crippen molar-refractivity contribution in [1.29, 1.82) is 0 Å². The molecule has 0 bridgehead atoms. The zero-order chi connectivity index (χ0) is 34.5. The van der Waals surface area contributed by atoms with Crippen LogP contribution in [0.5, 0.6) is 0 Å². The molecule has 26 heteroatoms. The summed E-state index contributed by atoms with van der Waals surface area (Å²) in [6.45, 7) is -1.40. The Balaban J connectivity index is 1.17. The van der Waals surface area contributed by atoms with E-state index in [1.54, 1.807) is 0 Å². The summed E-state index contributed by atoms with van der Waals surface area (Å²) in [5, 5.41) is 31.5. The molecule has 0 radical (unpaired) electrons. The summed E-state index contributed by atoms with van der Waals surface area (Å²) in [5.74, 6) is -0.503. The van der Waals surface area contributed by atoms with E-state index in [2.05, 4.69) is 29.9 Å². The molecular weight excluding hydrogens is 690 g/mol. The zero-order valence-corrected chi connectivity index (χ0v) is 26.2. The molecule has 6 unspecified atom stereocenters. The minimum atomic E-state index is -4.71. The van der Waals surface area contributed by atoms with E-state index in [-0.39, 0.29) is 34.2 Å². The topological polar surface area (TPSA) is 361 Å². The van der Waals surface area contributed by atoms with Gasteiger partial charge in [0.15, 0.2) is 34.8 Å². The number of fused-ring (bicyclic) bond motifs is 2. The molecule has 0 aliphatic carbocycles. The number of nitrogens with two attached hydrogens (primary N) is 2. The molecule has 10 atom stereocenters. The second-order valence-corrected chi connectivity index (χ2v) is 13.6. The normalized spacial score (nSPS) is 29.5. The van der Waals surface area contributed by atoms with Crippen molar-refractivity contribution in [2.24, 2.45) is 0 Å². The van der Waals surface area contributed by atoms with Crippen LogP contribution in [0.4, 0.5) is 11.9 Å².